The summed E-state index contributed by atoms with van der Waals surface area (Å²) in [5, 5.41) is 0.650. The van der Waals surface area contributed by atoms with Crippen LogP contribution in [0.25, 0.3) is 21.7 Å². The molecule has 2 heterocycles. The van der Waals surface area contributed by atoms with Gasteiger partial charge in [-0.2, -0.15) is 0 Å². The number of nitrogens with zero attached hydrogens (tertiary/aromatic N) is 3. The van der Waals surface area contributed by atoms with Crippen molar-refractivity contribution in [1.82, 2.24) is 14.1 Å². The van der Waals surface area contributed by atoms with Crippen LogP contribution in [0.2, 0.25) is 0 Å². The number of para-hydroxylation sites is 2. The molecule has 0 saturated heterocycles. The molecule has 0 aliphatic rings. The molecule has 7 heteroatoms. The molecule has 5 rings (SSSR count). The maximum absolute atomic E-state index is 13.8. The van der Waals surface area contributed by atoms with Gasteiger partial charge in [-0.25, -0.2) is 4.98 Å². The van der Waals surface area contributed by atoms with Crippen molar-refractivity contribution in [3.05, 3.63) is 110 Å². The van der Waals surface area contributed by atoms with E-state index in [1.165, 1.54) is 22.5 Å². The van der Waals surface area contributed by atoms with E-state index in [0.29, 0.717) is 25.2 Å². The highest BCUT2D eigenvalue weighted by Crippen LogP contribution is 2.30. The first-order valence-corrected chi connectivity index (χ1v) is 12.7. The van der Waals surface area contributed by atoms with Crippen LogP contribution in [-0.2, 0) is 5.75 Å². The van der Waals surface area contributed by atoms with E-state index in [1.54, 1.807) is 16.3 Å². The van der Waals surface area contributed by atoms with Gasteiger partial charge in [0.05, 0.1) is 11.4 Å². The van der Waals surface area contributed by atoms with Gasteiger partial charge in [-0.3, -0.25) is 13.9 Å². The second-order valence-corrected chi connectivity index (χ2v) is 10.3. The molecule has 33 heavy (non-hydrogen) atoms. The molecular weight excluding hydrogens is 467 g/mol. The molecule has 0 saturated carbocycles. The summed E-state index contributed by atoms with van der Waals surface area (Å²) >= 11 is 8.58. The summed E-state index contributed by atoms with van der Waals surface area (Å²) in [6.45, 7) is 4.14. The van der Waals surface area contributed by atoms with E-state index in [0.717, 1.165) is 16.9 Å². The predicted molar refractivity (Wildman–Crippen MR) is 141 cm³/mol. The Hall–Kier alpha value is -3.00. The number of benzene rings is 3. The van der Waals surface area contributed by atoms with Crippen molar-refractivity contribution in [2.24, 2.45) is 0 Å². The molecule has 5 aromatic rings. The lowest BCUT2D eigenvalue weighted by molar-refractivity contribution is 0.811. The molecule has 0 aliphatic carbocycles. The molecule has 164 valence electrons. The SMILES string of the molecule is Cc1ccccc1CSc1nc2c(sc(=S)n2-c2ccccc2C)c(=O)n1-c1ccccc1. The molecule has 3 aromatic carbocycles. The van der Waals surface area contributed by atoms with Crippen LogP contribution in [0.4, 0.5) is 0 Å². The number of thioether (sulfide) groups is 1. The standard InChI is InChI=1S/C26H21N3OS3/c1-17-10-6-8-12-19(17)16-32-25-27-23-22(24(30)28(25)20-13-4-3-5-14-20)33-26(31)29(23)21-15-9-7-11-18(21)2/h3-15H,16H2,1-2H3. The monoisotopic (exact) mass is 487 g/mol. The van der Waals surface area contributed by atoms with Gasteiger partial charge < -0.3 is 0 Å². The molecule has 0 N–H and O–H groups in total. The number of aromatic nitrogens is 3. The zero-order valence-electron chi connectivity index (χ0n) is 18.2. The predicted octanol–water partition coefficient (Wildman–Crippen LogP) is 6.88. The number of fused-ring (bicyclic) bond motifs is 1. The normalized spacial score (nSPS) is 11.2. The number of rotatable bonds is 5. The average Bonchev–Trinajstić information content (AvgIpc) is 3.15. The summed E-state index contributed by atoms with van der Waals surface area (Å²) in [5.74, 6) is 0.715. The Labute approximate surface area is 205 Å². The molecule has 0 aliphatic heterocycles. The topological polar surface area (TPSA) is 39.8 Å². The maximum Gasteiger partial charge on any atom is 0.278 e. The van der Waals surface area contributed by atoms with E-state index in [2.05, 4.69) is 19.1 Å². The summed E-state index contributed by atoms with van der Waals surface area (Å²) in [5.41, 5.74) is 5.79. The zero-order chi connectivity index (χ0) is 22.9. The zero-order valence-corrected chi connectivity index (χ0v) is 20.6. The first-order chi connectivity index (χ1) is 16.0. The minimum atomic E-state index is -0.0954. The number of aryl methyl sites for hydroxylation is 2. The van der Waals surface area contributed by atoms with Gasteiger partial charge in [0.25, 0.3) is 5.56 Å². The third-order valence-corrected chi connectivity index (χ3v) is 7.90. The van der Waals surface area contributed by atoms with Crippen LogP contribution < -0.4 is 5.56 Å². The van der Waals surface area contributed by atoms with Crippen LogP contribution in [0.1, 0.15) is 16.7 Å². The molecule has 0 fully saturated rings. The van der Waals surface area contributed by atoms with E-state index in [-0.39, 0.29) is 5.56 Å². The van der Waals surface area contributed by atoms with Gasteiger partial charge in [0.1, 0.15) is 4.70 Å². The summed E-state index contributed by atoms with van der Waals surface area (Å²) in [7, 11) is 0. The Morgan fingerprint density at radius 2 is 1.55 bits per heavy atom. The lowest BCUT2D eigenvalue weighted by Gasteiger charge is -2.14. The van der Waals surface area contributed by atoms with Crippen molar-refractivity contribution >= 4 is 45.7 Å². The van der Waals surface area contributed by atoms with Crippen molar-refractivity contribution < 1.29 is 0 Å². The third kappa shape index (κ3) is 4.08. The lowest BCUT2D eigenvalue weighted by atomic mass is 10.1. The van der Waals surface area contributed by atoms with Crippen LogP contribution >= 0.6 is 35.3 Å². The lowest BCUT2D eigenvalue weighted by Crippen LogP contribution is -2.21. The fourth-order valence-electron chi connectivity index (χ4n) is 3.78. The molecule has 2 aromatic heterocycles. The Kier molecular flexibility index (Phi) is 6.01. The van der Waals surface area contributed by atoms with E-state index >= 15 is 0 Å². The molecule has 0 amide bonds. The minimum Gasteiger partial charge on any atom is -0.275 e. The molecule has 0 atom stereocenters. The minimum absolute atomic E-state index is 0.0954. The second-order valence-electron chi connectivity index (χ2n) is 7.73. The van der Waals surface area contributed by atoms with Crippen LogP contribution in [0.3, 0.4) is 0 Å². The van der Waals surface area contributed by atoms with E-state index in [4.69, 9.17) is 17.2 Å². The van der Waals surface area contributed by atoms with E-state index < -0.39 is 0 Å². The van der Waals surface area contributed by atoms with Crippen molar-refractivity contribution in [2.45, 2.75) is 24.8 Å². The first kappa shape index (κ1) is 21.8. The van der Waals surface area contributed by atoms with Gasteiger partial charge in [-0.05, 0) is 61.0 Å². The number of hydrogen-bond acceptors (Lipinski definition) is 5. The van der Waals surface area contributed by atoms with Crippen LogP contribution in [-0.4, -0.2) is 14.1 Å². The molecule has 0 unspecified atom stereocenters. The number of thiazole rings is 1. The Balaban J connectivity index is 1.75. The van der Waals surface area contributed by atoms with Gasteiger partial charge in [0, 0.05) is 5.75 Å². The average molecular weight is 488 g/mol. The van der Waals surface area contributed by atoms with Gasteiger partial charge in [-0.1, -0.05) is 83.8 Å². The van der Waals surface area contributed by atoms with E-state index in [1.807, 2.05) is 78.2 Å². The van der Waals surface area contributed by atoms with Gasteiger partial charge in [0.2, 0.25) is 0 Å². The van der Waals surface area contributed by atoms with Crippen molar-refractivity contribution in [3.8, 4) is 11.4 Å². The highest BCUT2D eigenvalue weighted by Gasteiger charge is 2.19. The van der Waals surface area contributed by atoms with Crippen LogP contribution in [0.15, 0.2) is 88.8 Å². The fourth-order valence-corrected chi connectivity index (χ4v) is 6.15. The van der Waals surface area contributed by atoms with E-state index in [9.17, 15) is 4.79 Å². The quantitative estimate of drug-likeness (QED) is 0.154. The van der Waals surface area contributed by atoms with Gasteiger partial charge in [-0.15, -0.1) is 0 Å². The highest BCUT2D eigenvalue weighted by atomic mass is 32.2. The fraction of sp³-hybridized carbons (Fsp3) is 0.115. The smallest absolute Gasteiger partial charge is 0.275 e. The van der Waals surface area contributed by atoms with Crippen LogP contribution in [0.5, 0.6) is 0 Å². The highest BCUT2D eigenvalue weighted by molar-refractivity contribution is 7.98. The number of hydrogen-bond donors (Lipinski definition) is 0. The summed E-state index contributed by atoms with van der Waals surface area (Å²) in [6, 6.07) is 26.0. The maximum atomic E-state index is 13.8. The molecule has 0 bridgehead atoms. The van der Waals surface area contributed by atoms with Gasteiger partial charge >= 0.3 is 0 Å². The Bertz CT molecular complexity index is 1580. The second kappa shape index (κ2) is 9.09. The molecular formula is C26H21N3OS3. The van der Waals surface area contributed by atoms with Crippen LogP contribution in [0, 0.1) is 17.8 Å². The van der Waals surface area contributed by atoms with Crippen molar-refractivity contribution in [3.63, 3.8) is 0 Å². The Morgan fingerprint density at radius 1 is 0.879 bits per heavy atom. The van der Waals surface area contributed by atoms with Gasteiger partial charge in [0.15, 0.2) is 14.8 Å². The van der Waals surface area contributed by atoms with Crippen molar-refractivity contribution in [2.75, 3.05) is 0 Å². The summed E-state index contributed by atoms with van der Waals surface area (Å²) < 4.78 is 4.81. The largest absolute Gasteiger partial charge is 0.278 e. The molecule has 4 nitrogen and oxygen atoms in total. The molecule has 0 radical (unpaired) electrons. The Morgan fingerprint density at radius 3 is 2.27 bits per heavy atom. The first-order valence-electron chi connectivity index (χ1n) is 10.5. The molecule has 0 spiro atoms. The summed E-state index contributed by atoms with van der Waals surface area (Å²) in [6.07, 6.45) is 0. The summed E-state index contributed by atoms with van der Waals surface area (Å²) in [4.78, 5) is 18.8. The van der Waals surface area contributed by atoms with Crippen molar-refractivity contribution in [1.29, 1.82) is 0 Å². The third-order valence-electron chi connectivity index (χ3n) is 5.57.